The normalized spacial score (nSPS) is 22.8. The molecule has 2 N–H and O–H groups in total. The first-order valence-corrected chi connectivity index (χ1v) is 7.34. The van der Waals surface area contributed by atoms with Gasteiger partial charge in [0.25, 0.3) is 0 Å². The summed E-state index contributed by atoms with van der Waals surface area (Å²) in [6, 6.07) is 0.440. The molecule has 0 bridgehead atoms. The van der Waals surface area contributed by atoms with Gasteiger partial charge in [0.15, 0.2) is 0 Å². The van der Waals surface area contributed by atoms with Gasteiger partial charge in [0.05, 0.1) is 6.54 Å². The van der Waals surface area contributed by atoms with Crippen LogP contribution in [0.1, 0.15) is 57.8 Å². The molecule has 2 saturated carbocycles. The van der Waals surface area contributed by atoms with Crippen molar-refractivity contribution in [3.05, 3.63) is 0 Å². The Kier molecular flexibility index (Phi) is 5.30. The number of amides is 1. The molecule has 0 spiro atoms. The second-order valence-corrected chi connectivity index (χ2v) is 5.68. The predicted octanol–water partition coefficient (Wildman–Crippen LogP) is 2.22. The number of carbonyl (C=O) groups excluding carboxylic acids is 1. The van der Waals surface area contributed by atoms with Crippen LogP contribution >= 0.6 is 0 Å². The zero-order valence-electron chi connectivity index (χ0n) is 10.8. The van der Waals surface area contributed by atoms with E-state index in [1.807, 2.05) is 0 Å². The van der Waals surface area contributed by atoms with Crippen LogP contribution in [-0.4, -0.2) is 25.0 Å². The van der Waals surface area contributed by atoms with E-state index in [2.05, 4.69) is 10.6 Å². The van der Waals surface area contributed by atoms with Crippen LogP contribution < -0.4 is 10.6 Å². The fraction of sp³-hybridized carbons (Fsp3) is 0.929. The van der Waals surface area contributed by atoms with Crippen molar-refractivity contribution in [1.82, 2.24) is 10.6 Å². The molecule has 0 saturated heterocycles. The maximum absolute atomic E-state index is 11.7. The van der Waals surface area contributed by atoms with Crippen LogP contribution in [0.15, 0.2) is 0 Å². The second kappa shape index (κ2) is 7.00. The van der Waals surface area contributed by atoms with Gasteiger partial charge in [0.2, 0.25) is 5.91 Å². The molecule has 0 heterocycles. The highest BCUT2D eigenvalue weighted by Crippen LogP contribution is 2.25. The van der Waals surface area contributed by atoms with E-state index in [1.54, 1.807) is 0 Å². The molecule has 3 heteroatoms. The minimum atomic E-state index is 0.191. The standard InChI is InChI=1S/C14H26N2O/c17-14(11-15-10-12-6-5-7-12)16-13-8-3-1-2-4-9-13/h12-13,15H,1-11H2,(H,16,17). The van der Waals surface area contributed by atoms with E-state index in [0.29, 0.717) is 12.6 Å². The van der Waals surface area contributed by atoms with E-state index >= 15 is 0 Å². The number of hydrogen-bond donors (Lipinski definition) is 2. The van der Waals surface area contributed by atoms with E-state index in [0.717, 1.165) is 12.5 Å². The summed E-state index contributed by atoms with van der Waals surface area (Å²) in [6.07, 6.45) is 11.7. The highest BCUT2D eigenvalue weighted by atomic mass is 16.1. The Morgan fingerprint density at radius 1 is 0.941 bits per heavy atom. The lowest BCUT2D eigenvalue weighted by Crippen LogP contribution is -2.41. The van der Waals surface area contributed by atoms with E-state index in [9.17, 15) is 4.79 Å². The molecule has 2 fully saturated rings. The Balaban J connectivity index is 1.55. The van der Waals surface area contributed by atoms with Crippen molar-refractivity contribution in [2.24, 2.45) is 5.92 Å². The molecule has 0 aliphatic heterocycles. The SMILES string of the molecule is O=C(CNCC1CCC1)NC1CCCCCC1. The molecule has 1 amide bonds. The summed E-state index contributed by atoms with van der Waals surface area (Å²) in [5.41, 5.74) is 0. The van der Waals surface area contributed by atoms with Gasteiger partial charge in [0.1, 0.15) is 0 Å². The smallest absolute Gasteiger partial charge is 0.234 e. The summed E-state index contributed by atoms with van der Waals surface area (Å²) in [5.74, 6) is 1.02. The van der Waals surface area contributed by atoms with Crippen LogP contribution in [0.4, 0.5) is 0 Å². The molecule has 98 valence electrons. The van der Waals surface area contributed by atoms with Gasteiger partial charge < -0.3 is 10.6 Å². The van der Waals surface area contributed by atoms with Gasteiger partial charge in [-0.2, -0.15) is 0 Å². The fourth-order valence-corrected chi connectivity index (χ4v) is 2.79. The quantitative estimate of drug-likeness (QED) is 0.721. The van der Waals surface area contributed by atoms with Crippen molar-refractivity contribution in [2.45, 2.75) is 63.8 Å². The van der Waals surface area contributed by atoms with Gasteiger partial charge in [-0.3, -0.25) is 4.79 Å². The Morgan fingerprint density at radius 2 is 1.65 bits per heavy atom. The summed E-state index contributed by atoms with van der Waals surface area (Å²) >= 11 is 0. The molecule has 0 atom stereocenters. The van der Waals surface area contributed by atoms with Crippen molar-refractivity contribution < 1.29 is 4.79 Å². The highest BCUT2D eigenvalue weighted by molar-refractivity contribution is 5.78. The summed E-state index contributed by atoms with van der Waals surface area (Å²) < 4.78 is 0. The Morgan fingerprint density at radius 3 is 2.24 bits per heavy atom. The first-order chi connectivity index (χ1) is 8.34. The molecule has 2 aliphatic carbocycles. The zero-order valence-corrected chi connectivity index (χ0v) is 10.8. The molecule has 0 aromatic carbocycles. The van der Waals surface area contributed by atoms with E-state index < -0.39 is 0 Å². The third kappa shape index (κ3) is 4.66. The summed E-state index contributed by atoms with van der Waals surface area (Å²) in [7, 11) is 0. The lowest BCUT2D eigenvalue weighted by atomic mass is 9.85. The van der Waals surface area contributed by atoms with E-state index in [1.165, 1.54) is 57.8 Å². The van der Waals surface area contributed by atoms with Gasteiger partial charge in [-0.15, -0.1) is 0 Å². The monoisotopic (exact) mass is 238 g/mol. The minimum Gasteiger partial charge on any atom is -0.352 e. The number of nitrogens with one attached hydrogen (secondary N) is 2. The molecule has 0 aromatic rings. The third-order valence-electron chi connectivity index (χ3n) is 4.16. The summed E-state index contributed by atoms with van der Waals surface area (Å²) in [6.45, 7) is 1.53. The van der Waals surface area contributed by atoms with Gasteiger partial charge in [-0.1, -0.05) is 32.1 Å². The first kappa shape index (κ1) is 12.9. The van der Waals surface area contributed by atoms with Gasteiger partial charge in [-0.05, 0) is 38.1 Å². The van der Waals surface area contributed by atoms with Crippen molar-refractivity contribution in [3.63, 3.8) is 0 Å². The average molecular weight is 238 g/mol. The lowest BCUT2D eigenvalue weighted by Gasteiger charge is -2.25. The lowest BCUT2D eigenvalue weighted by molar-refractivity contribution is -0.121. The third-order valence-corrected chi connectivity index (χ3v) is 4.16. The van der Waals surface area contributed by atoms with E-state index in [4.69, 9.17) is 0 Å². The second-order valence-electron chi connectivity index (χ2n) is 5.68. The molecule has 0 aromatic heterocycles. The Hall–Kier alpha value is -0.570. The first-order valence-electron chi connectivity index (χ1n) is 7.34. The number of hydrogen-bond acceptors (Lipinski definition) is 2. The summed E-state index contributed by atoms with van der Waals surface area (Å²) in [4.78, 5) is 11.7. The van der Waals surface area contributed by atoms with Crippen molar-refractivity contribution >= 4 is 5.91 Å². The average Bonchev–Trinajstić information content (AvgIpc) is 2.50. The molecule has 3 nitrogen and oxygen atoms in total. The minimum absolute atomic E-state index is 0.191. The maximum Gasteiger partial charge on any atom is 0.234 e. The van der Waals surface area contributed by atoms with Crippen LogP contribution in [0.25, 0.3) is 0 Å². The predicted molar refractivity (Wildman–Crippen MR) is 69.8 cm³/mol. The molecule has 0 unspecified atom stereocenters. The van der Waals surface area contributed by atoms with Crippen LogP contribution in [0.5, 0.6) is 0 Å². The topological polar surface area (TPSA) is 41.1 Å². The molecular formula is C14H26N2O. The van der Waals surface area contributed by atoms with Crippen LogP contribution in [0.3, 0.4) is 0 Å². The van der Waals surface area contributed by atoms with Crippen molar-refractivity contribution in [1.29, 1.82) is 0 Å². The highest BCUT2D eigenvalue weighted by Gasteiger charge is 2.18. The van der Waals surface area contributed by atoms with Gasteiger partial charge in [-0.25, -0.2) is 0 Å². The molecule has 0 radical (unpaired) electrons. The largest absolute Gasteiger partial charge is 0.352 e. The molecule has 17 heavy (non-hydrogen) atoms. The van der Waals surface area contributed by atoms with Crippen LogP contribution in [0.2, 0.25) is 0 Å². The molecule has 2 aliphatic rings. The Labute approximate surface area is 105 Å². The molecular weight excluding hydrogens is 212 g/mol. The fourth-order valence-electron chi connectivity index (χ4n) is 2.79. The van der Waals surface area contributed by atoms with Gasteiger partial charge >= 0.3 is 0 Å². The number of rotatable bonds is 5. The van der Waals surface area contributed by atoms with Crippen LogP contribution in [0, 0.1) is 5.92 Å². The van der Waals surface area contributed by atoms with Crippen molar-refractivity contribution in [2.75, 3.05) is 13.1 Å². The Bertz CT molecular complexity index is 230. The van der Waals surface area contributed by atoms with Gasteiger partial charge in [0, 0.05) is 6.04 Å². The van der Waals surface area contributed by atoms with Crippen LogP contribution in [-0.2, 0) is 4.79 Å². The van der Waals surface area contributed by atoms with E-state index in [-0.39, 0.29) is 5.91 Å². The number of carbonyl (C=O) groups is 1. The summed E-state index contributed by atoms with van der Waals surface area (Å²) in [5, 5.41) is 6.45. The molecule has 2 rings (SSSR count). The zero-order chi connectivity index (χ0) is 11.9. The van der Waals surface area contributed by atoms with Crippen molar-refractivity contribution in [3.8, 4) is 0 Å². The maximum atomic E-state index is 11.7.